The molecular formula is C19H15N5O3S. The highest BCUT2D eigenvalue weighted by molar-refractivity contribution is 7.99. The maximum atomic E-state index is 12.1. The Balaban J connectivity index is 1.58. The van der Waals surface area contributed by atoms with Gasteiger partial charge in [-0.25, -0.2) is 0 Å². The van der Waals surface area contributed by atoms with Crippen molar-refractivity contribution in [3.8, 4) is 17.5 Å². The smallest absolute Gasteiger partial charge is 0.277 e. The Hall–Kier alpha value is -3.64. The predicted octanol–water partition coefficient (Wildman–Crippen LogP) is 3.30. The van der Waals surface area contributed by atoms with E-state index in [0.717, 1.165) is 11.8 Å². The number of hydrogen-bond donors (Lipinski definition) is 2. The van der Waals surface area contributed by atoms with E-state index in [4.69, 9.17) is 9.68 Å². The van der Waals surface area contributed by atoms with Gasteiger partial charge in [-0.1, -0.05) is 23.9 Å². The first-order valence-corrected chi connectivity index (χ1v) is 9.17. The van der Waals surface area contributed by atoms with Crippen LogP contribution in [0.5, 0.6) is 0 Å². The van der Waals surface area contributed by atoms with E-state index in [-0.39, 0.29) is 22.8 Å². The third-order valence-electron chi connectivity index (χ3n) is 3.51. The normalized spacial score (nSPS) is 10.1. The van der Waals surface area contributed by atoms with E-state index in [1.165, 1.54) is 6.92 Å². The van der Waals surface area contributed by atoms with Crippen LogP contribution in [0.2, 0.25) is 0 Å². The molecule has 9 heteroatoms. The quantitative estimate of drug-likeness (QED) is 0.616. The van der Waals surface area contributed by atoms with Crippen LogP contribution in [0.25, 0.3) is 11.5 Å². The minimum Gasteiger partial charge on any atom is -0.411 e. The number of nitrogens with one attached hydrogen (secondary N) is 2. The molecule has 28 heavy (non-hydrogen) atoms. The highest BCUT2D eigenvalue weighted by atomic mass is 32.2. The molecule has 0 radical (unpaired) electrons. The number of hydrogen-bond acceptors (Lipinski definition) is 7. The van der Waals surface area contributed by atoms with E-state index in [1.54, 1.807) is 48.5 Å². The Morgan fingerprint density at radius 2 is 1.86 bits per heavy atom. The molecule has 0 saturated carbocycles. The van der Waals surface area contributed by atoms with Crippen LogP contribution in [-0.2, 0) is 9.59 Å². The molecule has 1 aromatic heterocycles. The van der Waals surface area contributed by atoms with Gasteiger partial charge in [0.2, 0.25) is 17.7 Å². The van der Waals surface area contributed by atoms with Gasteiger partial charge in [-0.3, -0.25) is 9.59 Å². The van der Waals surface area contributed by atoms with Crippen molar-refractivity contribution in [3.63, 3.8) is 0 Å². The molecule has 0 aliphatic rings. The summed E-state index contributed by atoms with van der Waals surface area (Å²) in [5.41, 5.74) is 2.21. The number of carbonyl (C=O) groups excluding carboxylic acids is 2. The topological polar surface area (TPSA) is 121 Å². The summed E-state index contributed by atoms with van der Waals surface area (Å²) >= 11 is 1.10. The molecule has 2 amide bonds. The number of thioether (sulfide) groups is 1. The van der Waals surface area contributed by atoms with Gasteiger partial charge in [0.05, 0.1) is 17.0 Å². The second-order valence-electron chi connectivity index (χ2n) is 5.63. The van der Waals surface area contributed by atoms with Gasteiger partial charge in [0.25, 0.3) is 5.22 Å². The molecule has 0 bridgehead atoms. The van der Waals surface area contributed by atoms with Crippen molar-refractivity contribution in [2.45, 2.75) is 12.1 Å². The minimum absolute atomic E-state index is 0.0584. The molecule has 8 nitrogen and oxygen atoms in total. The number of nitriles is 1. The third kappa shape index (κ3) is 4.96. The fourth-order valence-corrected chi connectivity index (χ4v) is 2.85. The maximum Gasteiger partial charge on any atom is 0.277 e. The third-order valence-corrected chi connectivity index (χ3v) is 4.33. The second-order valence-corrected chi connectivity index (χ2v) is 6.55. The SMILES string of the molecule is CC(=O)Nc1ccc(-c2nnc(SCC(=O)Nc3ccccc3C#N)o2)cc1. The molecule has 2 N–H and O–H groups in total. The molecular weight excluding hydrogens is 378 g/mol. The lowest BCUT2D eigenvalue weighted by Gasteiger charge is -2.05. The Bertz CT molecular complexity index is 1040. The van der Waals surface area contributed by atoms with Gasteiger partial charge in [0, 0.05) is 18.2 Å². The van der Waals surface area contributed by atoms with E-state index in [9.17, 15) is 9.59 Å². The number of benzene rings is 2. The van der Waals surface area contributed by atoms with Gasteiger partial charge in [-0.15, -0.1) is 10.2 Å². The van der Waals surface area contributed by atoms with Gasteiger partial charge in [-0.2, -0.15) is 5.26 Å². The van der Waals surface area contributed by atoms with E-state index in [0.29, 0.717) is 28.4 Å². The van der Waals surface area contributed by atoms with Crippen LogP contribution in [0.3, 0.4) is 0 Å². The van der Waals surface area contributed by atoms with Crippen molar-refractivity contribution < 1.29 is 14.0 Å². The number of rotatable bonds is 6. The van der Waals surface area contributed by atoms with Gasteiger partial charge in [0.1, 0.15) is 6.07 Å². The van der Waals surface area contributed by atoms with Crippen LogP contribution in [0.1, 0.15) is 12.5 Å². The van der Waals surface area contributed by atoms with Crippen molar-refractivity contribution in [1.82, 2.24) is 10.2 Å². The lowest BCUT2D eigenvalue weighted by Crippen LogP contribution is -2.14. The van der Waals surface area contributed by atoms with Crippen molar-refractivity contribution in [1.29, 1.82) is 5.26 Å². The lowest BCUT2D eigenvalue weighted by atomic mass is 10.2. The molecule has 0 unspecified atom stereocenters. The Morgan fingerprint density at radius 1 is 1.11 bits per heavy atom. The zero-order valence-corrected chi connectivity index (χ0v) is 15.6. The van der Waals surface area contributed by atoms with Crippen LogP contribution >= 0.6 is 11.8 Å². The van der Waals surface area contributed by atoms with E-state index in [1.807, 2.05) is 6.07 Å². The summed E-state index contributed by atoms with van der Waals surface area (Å²) in [6, 6.07) is 15.7. The zero-order chi connectivity index (χ0) is 19.9. The maximum absolute atomic E-state index is 12.1. The Kier molecular flexibility index (Phi) is 6.04. The molecule has 140 valence electrons. The first-order valence-electron chi connectivity index (χ1n) is 8.18. The first-order chi connectivity index (χ1) is 13.5. The highest BCUT2D eigenvalue weighted by Crippen LogP contribution is 2.24. The monoisotopic (exact) mass is 393 g/mol. The molecule has 3 aromatic rings. The van der Waals surface area contributed by atoms with Crippen LogP contribution < -0.4 is 10.6 Å². The predicted molar refractivity (Wildman–Crippen MR) is 105 cm³/mol. The summed E-state index contributed by atoms with van der Waals surface area (Å²) in [5.74, 6) is -0.0674. The van der Waals surface area contributed by atoms with Crippen LogP contribution in [0.4, 0.5) is 11.4 Å². The molecule has 0 aliphatic carbocycles. The number of amides is 2. The van der Waals surface area contributed by atoms with Crippen LogP contribution in [-0.4, -0.2) is 27.8 Å². The summed E-state index contributed by atoms with van der Waals surface area (Å²) < 4.78 is 5.56. The second kappa shape index (κ2) is 8.83. The van der Waals surface area contributed by atoms with Gasteiger partial charge in [-0.05, 0) is 36.4 Å². The molecule has 2 aromatic carbocycles. The van der Waals surface area contributed by atoms with Gasteiger partial charge in [0.15, 0.2) is 0 Å². The van der Waals surface area contributed by atoms with E-state index >= 15 is 0 Å². The number of aromatic nitrogens is 2. The van der Waals surface area contributed by atoms with E-state index < -0.39 is 0 Å². The number of anilines is 2. The summed E-state index contributed by atoms with van der Waals surface area (Å²) in [4.78, 5) is 23.1. The Morgan fingerprint density at radius 3 is 2.57 bits per heavy atom. The average Bonchev–Trinajstić information content (AvgIpc) is 3.16. The first kappa shape index (κ1) is 19.1. The largest absolute Gasteiger partial charge is 0.411 e. The lowest BCUT2D eigenvalue weighted by molar-refractivity contribution is -0.114. The molecule has 0 atom stereocenters. The molecule has 1 heterocycles. The van der Waals surface area contributed by atoms with Crippen LogP contribution in [0, 0.1) is 11.3 Å². The van der Waals surface area contributed by atoms with Crippen molar-refractivity contribution >= 4 is 35.0 Å². The highest BCUT2D eigenvalue weighted by Gasteiger charge is 2.12. The number of carbonyl (C=O) groups is 2. The van der Waals surface area contributed by atoms with Gasteiger partial charge >= 0.3 is 0 Å². The zero-order valence-electron chi connectivity index (χ0n) is 14.8. The standard InChI is InChI=1S/C19H15N5O3S/c1-12(25)21-15-8-6-13(7-9-15)18-23-24-19(27-18)28-11-17(26)22-16-5-3-2-4-14(16)10-20/h2-9H,11H2,1H3,(H,21,25)(H,22,26). The fraction of sp³-hybridized carbons (Fsp3) is 0.105. The molecule has 0 spiro atoms. The average molecular weight is 393 g/mol. The molecule has 3 rings (SSSR count). The summed E-state index contributed by atoms with van der Waals surface area (Å²) in [6.07, 6.45) is 0. The number of para-hydroxylation sites is 1. The van der Waals surface area contributed by atoms with Crippen molar-refractivity contribution in [2.75, 3.05) is 16.4 Å². The fourth-order valence-electron chi connectivity index (χ4n) is 2.29. The molecule has 0 fully saturated rings. The summed E-state index contributed by atoms with van der Waals surface area (Å²) in [5, 5.41) is 22.6. The van der Waals surface area contributed by atoms with Gasteiger partial charge < -0.3 is 15.1 Å². The molecule has 0 saturated heterocycles. The van der Waals surface area contributed by atoms with Crippen molar-refractivity contribution in [3.05, 3.63) is 54.1 Å². The Labute approximate surface area is 165 Å². The molecule has 0 aliphatic heterocycles. The van der Waals surface area contributed by atoms with E-state index in [2.05, 4.69) is 20.8 Å². The number of nitrogens with zero attached hydrogens (tertiary/aromatic N) is 3. The summed E-state index contributed by atoms with van der Waals surface area (Å²) in [6.45, 7) is 1.44. The minimum atomic E-state index is -0.285. The van der Waals surface area contributed by atoms with Crippen molar-refractivity contribution in [2.24, 2.45) is 0 Å². The summed E-state index contributed by atoms with van der Waals surface area (Å²) in [7, 11) is 0. The van der Waals surface area contributed by atoms with Crippen LogP contribution in [0.15, 0.2) is 58.2 Å².